The number of hydrogen-bond donors (Lipinski definition) is 2. The maximum Gasteiger partial charge on any atom is 0.256 e. The van der Waals surface area contributed by atoms with Gasteiger partial charge in [0.1, 0.15) is 5.82 Å². The predicted octanol–water partition coefficient (Wildman–Crippen LogP) is 3.15. The molecule has 2 aromatic rings. The predicted molar refractivity (Wildman–Crippen MR) is 78.2 cm³/mol. The summed E-state index contributed by atoms with van der Waals surface area (Å²) in [5.41, 5.74) is 8.60. The summed E-state index contributed by atoms with van der Waals surface area (Å²) in [6, 6.07) is 10.2. The van der Waals surface area contributed by atoms with Crippen molar-refractivity contribution in [2.45, 2.75) is 20.4 Å². The molecule has 0 aliphatic carbocycles. The molecule has 2 rings (SSSR count). The van der Waals surface area contributed by atoms with Crippen molar-refractivity contribution < 1.29 is 9.18 Å². The fourth-order valence-electron chi connectivity index (χ4n) is 2.14. The minimum atomic E-state index is -0.479. The zero-order valence-corrected chi connectivity index (χ0v) is 11.5. The highest BCUT2D eigenvalue weighted by Crippen LogP contribution is 2.19. The highest BCUT2D eigenvalue weighted by molar-refractivity contribution is 6.06. The first-order valence-electron chi connectivity index (χ1n) is 6.39. The Hall–Kier alpha value is -2.20. The van der Waals surface area contributed by atoms with Gasteiger partial charge >= 0.3 is 0 Å². The Bertz CT molecular complexity index is 633. The lowest BCUT2D eigenvalue weighted by molar-refractivity contribution is 0.102. The third-order valence-electron chi connectivity index (χ3n) is 3.23. The first-order chi connectivity index (χ1) is 9.52. The number of rotatable bonds is 3. The number of benzene rings is 2. The van der Waals surface area contributed by atoms with Crippen LogP contribution in [0.3, 0.4) is 0 Å². The molecular weight excluding hydrogens is 255 g/mol. The summed E-state index contributed by atoms with van der Waals surface area (Å²) in [6.07, 6.45) is 0. The van der Waals surface area contributed by atoms with E-state index in [-0.39, 0.29) is 18.1 Å². The van der Waals surface area contributed by atoms with E-state index in [1.807, 2.05) is 32.0 Å². The van der Waals surface area contributed by atoms with E-state index in [1.165, 1.54) is 12.1 Å². The van der Waals surface area contributed by atoms with Gasteiger partial charge in [-0.05, 0) is 42.7 Å². The highest BCUT2D eigenvalue weighted by Gasteiger charge is 2.14. The summed E-state index contributed by atoms with van der Waals surface area (Å²) in [5, 5.41) is 2.60. The Morgan fingerprint density at radius 1 is 1.20 bits per heavy atom. The zero-order valence-electron chi connectivity index (χ0n) is 11.5. The van der Waals surface area contributed by atoms with Crippen molar-refractivity contribution in [3.63, 3.8) is 0 Å². The maximum atomic E-state index is 13.8. The van der Waals surface area contributed by atoms with E-state index in [0.717, 1.165) is 11.1 Å². The molecule has 0 spiro atoms. The Labute approximate surface area is 117 Å². The van der Waals surface area contributed by atoms with Crippen LogP contribution < -0.4 is 11.1 Å². The van der Waals surface area contributed by atoms with Crippen LogP contribution in [0.1, 0.15) is 27.0 Å². The van der Waals surface area contributed by atoms with Gasteiger partial charge < -0.3 is 11.1 Å². The minimum Gasteiger partial charge on any atom is -0.326 e. The maximum absolute atomic E-state index is 13.8. The van der Waals surface area contributed by atoms with E-state index in [4.69, 9.17) is 5.73 Å². The summed E-state index contributed by atoms with van der Waals surface area (Å²) < 4.78 is 13.8. The van der Waals surface area contributed by atoms with Crippen molar-refractivity contribution in [3.05, 3.63) is 64.5 Å². The van der Waals surface area contributed by atoms with E-state index in [1.54, 1.807) is 6.07 Å². The van der Waals surface area contributed by atoms with Gasteiger partial charge in [0, 0.05) is 12.1 Å². The molecule has 20 heavy (non-hydrogen) atoms. The second-order valence-electron chi connectivity index (χ2n) is 4.74. The first kappa shape index (κ1) is 14.2. The van der Waals surface area contributed by atoms with Gasteiger partial charge in [-0.3, -0.25) is 4.79 Å². The average Bonchev–Trinajstić information content (AvgIpc) is 2.41. The number of amides is 1. The minimum absolute atomic E-state index is 0.162. The van der Waals surface area contributed by atoms with E-state index >= 15 is 0 Å². The summed E-state index contributed by atoms with van der Waals surface area (Å²) in [7, 11) is 0. The fourth-order valence-corrected chi connectivity index (χ4v) is 2.14. The molecular formula is C16H17FN2O. The normalized spacial score (nSPS) is 10.4. The van der Waals surface area contributed by atoms with Gasteiger partial charge in [0.15, 0.2) is 0 Å². The smallest absolute Gasteiger partial charge is 0.256 e. The van der Waals surface area contributed by atoms with Crippen LogP contribution in [-0.2, 0) is 6.54 Å². The largest absolute Gasteiger partial charge is 0.326 e. The second-order valence-corrected chi connectivity index (χ2v) is 4.74. The molecule has 0 fully saturated rings. The van der Waals surface area contributed by atoms with E-state index < -0.39 is 5.82 Å². The number of nitrogens with two attached hydrogens (primary N) is 1. The van der Waals surface area contributed by atoms with Crippen LogP contribution in [0.5, 0.6) is 0 Å². The van der Waals surface area contributed by atoms with E-state index in [9.17, 15) is 9.18 Å². The van der Waals surface area contributed by atoms with Crippen molar-refractivity contribution in [1.29, 1.82) is 0 Å². The standard InChI is InChI=1S/C16H17FN2O/c1-10-4-3-5-11(2)15(10)16(20)19-14-7-6-12(9-18)8-13(14)17/h3-8H,9,18H2,1-2H3,(H,19,20). The highest BCUT2D eigenvalue weighted by atomic mass is 19.1. The monoisotopic (exact) mass is 272 g/mol. The molecule has 2 aromatic carbocycles. The van der Waals surface area contributed by atoms with Crippen LogP contribution in [0, 0.1) is 19.7 Å². The molecule has 104 valence electrons. The number of halogens is 1. The van der Waals surface area contributed by atoms with Crippen LogP contribution in [0.4, 0.5) is 10.1 Å². The molecule has 0 radical (unpaired) electrons. The van der Waals surface area contributed by atoms with E-state index in [2.05, 4.69) is 5.32 Å². The quantitative estimate of drug-likeness (QED) is 0.901. The summed E-state index contributed by atoms with van der Waals surface area (Å²) in [4.78, 5) is 12.3. The lowest BCUT2D eigenvalue weighted by Gasteiger charge is -2.11. The van der Waals surface area contributed by atoms with Gasteiger partial charge in [0.25, 0.3) is 5.91 Å². The van der Waals surface area contributed by atoms with Gasteiger partial charge in [0.05, 0.1) is 5.69 Å². The van der Waals surface area contributed by atoms with Gasteiger partial charge in [-0.15, -0.1) is 0 Å². The summed E-state index contributed by atoms with van der Waals surface area (Å²) >= 11 is 0. The van der Waals surface area contributed by atoms with Crippen molar-refractivity contribution in [1.82, 2.24) is 0 Å². The van der Waals surface area contributed by atoms with Gasteiger partial charge in [-0.1, -0.05) is 24.3 Å². The Morgan fingerprint density at radius 3 is 2.40 bits per heavy atom. The molecule has 0 unspecified atom stereocenters. The van der Waals surface area contributed by atoms with Crippen molar-refractivity contribution >= 4 is 11.6 Å². The molecule has 0 heterocycles. The van der Waals surface area contributed by atoms with Crippen molar-refractivity contribution in [2.24, 2.45) is 5.73 Å². The Kier molecular flexibility index (Phi) is 4.15. The van der Waals surface area contributed by atoms with Crippen LogP contribution >= 0.6 is 0 Å². The first-order valence-corrected chi connectivity index (χ1v) is 6.39. The van der Waals surface area contributed by atoms with E-state index in [0.29, 0.717) is 11.1 Å². The topological polar surface area (TPSA) is 55.1 Å². The fraction of sp³-hybridized carbons (Fsp3) is 0.188. The Morgan fingerprint density at radius 2 is 1.85 bits per heavy atom. The molecule has 0 atom stereocenters. The molecule has 0 saturated carbocycles. The van der Waals surface area contributed by atoms with Crippen LogP contribution in [0.15, 0.2) is 36.4 Å². The number of carbonyl (C=O) groups is 1. The number of aryl methyl sites for hydroxylation is 2. The lowest BCUT2D eigenvalue weighted by Crippen LogP contribution is -2.16. The summed E-state index contributed by atoms with van der Waals surface area (Å²) in [6.45, 7) is 3.98. The molecule has 0 saturated heterocycles. The lowest BCUT2D eigenvalue weighted by atomic mass is 10.0. The third kappa shape index (κ3) is 2.86. The number of nitrogens with one attached hydrogen (secondary N) is 1. The summed E-state index contributed by atoms with van der Waals surface area (Å²) in [5.74, 6) is -0.785. The third-order valence-corrected chi connectivity index (χ3v) is 3.23. The molecule has 0 bridgehead atoms. The number of hydrogen-bond acceptors (Lipinski definition) is 2. The SMILES string of the molecule is Cc1cccc(C)c1C(=O)Nc1ccc(CN)cc1F. The average molecular weight is 272 g/mol. The number of anilines is 1. The van der Waals surface area contributed by atoms with Gasteiger partial charge in [-0.2, -0.15) is 0 Å². The van der Waals surface area contributed by atoms with Crippen LogP contribution in [0.25, 0.3) is 0 Å². The van der Waals surface area contributed by atoms with Crippen LogP contribution in [-0.4, -0.2) is 5.91 Å². The molecule has 4 heteroatoms. The number of carbonyl (C=O) groups excluding carboxylic acids is 1. The Balaban J connectivity index is 2.28. The molecule has 1 amide bonds. The second kappa shape index (κ2) is 5.84. The zero-order chi connectivity index (χ0) is 14.7. The molecule has 3 N–H and O–H groups in total. The van der Waals surface area contributed by atoms with Gasteiger partial charge in [-0.25, -0.2) is 4.39 Å². The van der Waals surface area contributed by atoms with Crippen LogP contribution in [0.2, 0.25) is 0 Å². The molecule has 0 aromatic heterocycles. The van der Waals surface area contributed by atoms with Gasteiger partial charge in [0.2, 0.25) is 0 Å². The molecule has 3 nitrogen and oxygen atoms in total. The van der Waals surface area contributed by atoms with Crippen molar-refractivity contribution in [3.8, 4) is 0 Å². The van der Waals surface area contributed by atoms with Crippen molar-refractivity contribution in [2.75, 3.05) is 5.32 Å². The molecule has 0 aliphatic rings. The molecule has 0 aliphatic heterocycles.